The minimum atomic E-state index is -1.10. The van der Waals surface area contributed by atoms with Crippen molar-refractivity contribution in [2.75, 3.05) is 0 Å². The molecule has 50 valence electrons. The molecule has 0 aliphatic rings. The van der Waals surface area contributed by atoms with Gasteiger partial charge in [0.05, 0.1) is 0 Å². The zero-order chi connectivity index (χ0) is 7.11. The molecule has 3 nitrogen and oxygen atoms in total. The highest BCUT2D eigenvalue weighted by Crippen LogP contribution is 1.79. The number of amides is 1. The quantitative estimate of drug-likeness (QED) is 0.408. The average molecular weight is 127 g/mol. The summed E-state index contributed by atoms with van der Waals surface area (Å²) in [7, 11) is 0. The lowest BCUT2D eigenvalue weighted by atomic mass is 10.4. The van der Waals surface area contributed by atoms with Crippen molar-refractivity contribution in [2.45, 2.75) is 19.8 Å². The van der Waals surface area contributed by atoms with Crippen LogP contribution in [0.25, 0.3) is 0 Å². The molecule has 0 heterocycles. The Morgan fingerprint density at radius 1 is 1.78 bits per heavy atom. The van der Waals surface area contributed by atoms with Crippen LogP contribution in [0.2, 0.25) is 0 Å². The van der Waals surface area contributed by atoms with Gasteiger partial charge in [-0.25, -0.2) is 10.1 Å². The highest BCUT2D eigenvalue weighted by atomic mass is 16.4. The number of rotatable bonds is 1. The summed E-state index contributed by atoms with van der Waals surface area (Å²) in [6.07, 6.45) is 0.591. The van der Waals surface area contributed by atoms with Crippen LogP contribution in [-0.2, 0) is 0 Å². The Balaban J connectivity index is 3.26. The highest BCUT2D eigenvalue weighted by Gasteiger charge is 1.82. The maximum absolute atomic E-state index is 9.75. The van der Waals surface area contributed by atoms with Gasteiger partial charge >= 0.3 is 6.09 Å². The second-order valence-corrected chi connectivity index (χ2v) is 1.48. The average Bonchev–Trinajstić information content (AvgIpc) is 1.80. The summed E-state index contributed by atoms with van der Waals surface area (Å²) in [5, 5.41) is 9.94. The number of hydrogen-bond acceptors (Lipinski definition) is 1. The topological polar surface area (TPSA) is 49.3 Å². The van der Waals surface area contributed by atoms with Crippen LogP contribution in [0.1, 0.15) is 19.8 Å². The highest BCUT2D eigenvalue weighted by molar-refractivity contribution is 5.66. The maximum atomic E-state index is 9.75. The van der Waals surface area contributed by atoms with E-state index in [0.717, 1.165) is 12.8 Å². The van der Waals surface area contributed by atoms with E-state index in [0.29, 0.717) is 0 Å². The predicted octanol–water partition coefficient (Wildman–Crippen LogP) is 1.01. The molecule has 0 fully saturated rings. The van der Waals surface area contributed by atoms with Crippen molar-refractivity contribution in [3.8, 4) is 12.0 Å². The van der Waals surface area contributed by atoms with Crippen LogP contribution >= 0.6 is 0 Å². The third kappa shape index (κ3) is 6.83. The molecule has 0 aromatic heterocycles. The molecule has 0 radical (unpaired) electrons. The molecular weight excluding hydrogens is 118 g/mol. The molecular formula is C6H9NO2. The van der Waals surface area contributed by atoms with Gasteiger partial charge in [-0.3, -0.25) is 0 Å². The van der Waals surface area contributed by atoms with Gasteiger partial charge in [-0.05, 0) is 6.42 Å². The number of carbonyl (C=O) groups is 1. The summed E-state index contributed by atoms with van der Waals surface area (Å²) in [5.74, 6) is 2.62. The summed E-state index contributed by atoms with van der Waals surface area (Å²) >= 11 is 0. The van der Waals surface area contributed by atoms with E-state index in [1.165, 1.54) is 0 Å². The Morgan fingerprint density at radius 3 is 2.89 bits per heavy atom. The van der Waals surface area contributed by atoms with E-state index >= 15 is 0 Å². The third-order valence-corrected chi connectivity index (χ3v) is 0.633. The van der Waals surface area contributed by atoms with E-state index in [1.54, 1.807) is 0 Å². The molecule has 0 aromatic rings. The zero-order valence-electron chi connectivity index (χ0n) is 5.27. The van der Waals surface area contributed by atoms with Crippen LogP contribution < -0.4 is 5.32 Å². The monoisotopic (exact) mass is 127 g/mol. The van der Waals surface area contributed by atoms with Crippen molar-refractivity contribution < 1.29 is 9.90 Å². The largest absolute Gasteiger partial charge is 0.464 e. The fourth-order valence-corrected chi connectivity index (χ4v) is 0.285. The number of unbranched alkanes of at least 4 members (excludes halogenated alkanes) is 1. The molecule has 0 unspecified atom stereocenters. The molecule has 0 spiro atoms. The van der Waals surface area contributed by atoms with Gasteiger partial charge in [-0.1, -0.05) is 12.8 Å². The standard InChI is InChI=1S/C6H9NO2/c1-2-3-4-5-7-6(8)9/h7H,2-3H2,1H3,(H,8,9). The molecule has 1 amide bonds. The van der Waals surface area contributed by atoms with Crippen LogP contribution in [0.3, 0.4) is 0 Å². The van der Waals surface area contributed by atoms with Gasteiger partial charge < -0.3 is 5.11 Å². The molecule has 9 heavy (non-hydrogen) atoms. The van der Waals surface area contributed by atoms with E-state index in [-0.39, 0.29) is 0 Å². The first kappa shape index (κ1) is 7.83. The summed E-state index contributed by atoms with van der Waals surface area (Å²) in [4.78, 5) is 9.75. The SMILES string of the molecule is CCCC#CNC(=O)O. The molecule has 0 saturated heterocycles. The number of carboxylic acid groups (broad SMARTS) is 1. The number of nitrogens with one attached hydrogen (secondary N) is 1. The molecule has 3 heteroatoms. The summed E-state index contributed by atoms with van der Waals surface area (Å²) in [6, 6.07) is 2.29. The molecule has 0 aromatic carbocycles. The molecule has 0 rings (SSSR count). The molecule has 0 atom stereocenters. The van der Waals surface area contributed by atoms with Gasteiger partial charge in [-0.15, -0.1) is 0 Å². The summed E-state index contributed by atoms with van der Waals surface area (Å²) < 4.78 is 0. The van der Waals surface area contributed by atoms with E-state index in [2.05, 4.69) is 12.0 Å². The summed E-state index contributed by atoms with van der Waals surface area (Å²) in [6.45, 7) is 1.98. The van der Waals surface area contributed by atoms with Crippen molar-refractivity contribution in [1.82, 2.24) is 5.32 Å². The van der Waals surface area contributed by atoms with Crippen LogP contribution in [0.4, 0.5) is 4.79 Å². The minimum absolute atomic E-state index is 0.736. The second-order valence-electron chi connectivity index (χ2n) is 1.48. The first-order valence-corrected chi connectivity index (χ1v) is 2.74. The fourth-order valence-electron chi connectivity index (χ4n) is 0.285. The molecule has 0 aliphatic carbocycles. The van der Waals surface area contributed by atoms with Crippen molar-refractivity contribution in [3.05, 3.63) is 0 Å². The van der Waals surface area contributed by atoms with Crippen LogP contribution in [0, 0.1) is 12.0 Å². The normalized spacial score (nSPS) is 7.22. The van der Waals surface area contributed by atoms with E-state index in [4.69, 9.17) is 5.11 Å². The van der Waals surface area contributed by atoms with E-state index in [9.17, 15) is 4.79 Å². The first-order chi connectivity index (χ1) is 4.27. The minimum Gasteiger partial charge on any atom is -0.464 e. The molecule has 0 bridgehead atoms. The van der Waals surface area contributed by atoms with Crippen LogP contribution in [-0.4, -0.2) is 11.2 Å². The number of hydrogen-bond donors (Lipinski definition) is 2. The first-order valence-electron chi connectivity index (χ1n) is 2.74. The van der Waals surface area contributed by atoms with Crippen molar-refractivity contribution in [1.29, 1.82) is 0 Å². The Bertz CT molecular complexity index is 143. The Kier molecular flexibility index (Phi) is 4.33. The predicted molar refractivity (Wildman–Crippen MR) is 33.8 cm³/mol. The third-order valence-electron chi connectivity index (χ3n) is 0.633. The van der Waals surface area contributed by atoms with Crippen LogP contribution in [0.15, 0.2) is 0 Å². The molecule has 0 saturated carbocycles. The van der Waals surface area contributed by atoms with Gasteiger partial charge in [0.15, 0.2) is 0 Å². The fraction of sp³-hybridized carbons (Fsp3) is 0.500. The van der Waals surface area contributed by atoms with E-state index < -0.39 is 6.09 Å². The lowest BCUT2D eigenvalue weighted by Gasteiger charge is -1.82. The lowest BCUT2D eigenvalue weighted by molar-refractivity contribution is 0.199. The Labute approximate surface area is 54.1 Å². The van der Waals surface area contributed by atoms with Crippen molar-refractivity contribution in [2.24, 2.45) is 0 Å². The van der Waals surface area contributed by atoms with Gasteiger partial charge in [-0.2, -0.15) is 0 Å². The van der Waals surface area contributed by atoms with E-state index in [1.807, 2.05) is 12.2 Å². The Morgan fingerprint density at radius 2 is 2.44 bits per heavy atom. The van der Waals surface area contributed by atoms with Gasteiger partial charge in [0, 0.05) is 12.5 Å². The second kappa shape index (κ2) is 4.98. The van der Waals surface area contributed by atoms with Gasteiger partial charge in [0.25, 0.3) is 0 Å². The maximum Gasteiger partial charge on any atom is 0.416 e. The van der Waals surface area contributed by atoms with Crippen molar-refractivity contribution in [3.63, 3.8) is 0 Å². The van der Waals surface area contributed by atoms with Crippen LogP contribution in [0.5, 0.6) is 0 Å². The lowest BCUT2D eigenvalue weighted by Crippen LogP contribution is -2.13. The zero-order valence-corrected chi connectivity index (χ0v) is 5.27. The Hall–Kier alpha value is -1.17. The van der Waals surface area contributed by atoms with Gasteiger partial charge in [0.1, 0.15) is 0 Å². The summed E-state index contributed by atoms with van der Waals surface area (Å²) in [5.41, 5.74) is 0. The van der Waals surface area contributed by atoms with Gasteiger partial charge in [0.2, 0.25) is 0 Å². The molecule has 2 N–H and O–H groups in total. The smallest absolute Gasteiger partial charge is 0.416 e. The van der Waals surface area contributed by atoms with Crippen molar-refractivity contribution >= 4 is 6.09 Å². The molecule has 0 aliphatic heterocycles.